The Labute approximate surface area is 275 Å². The molecule has 17 heteroatoms. The average molecular weight is 685 g/mol. The van der Waals surface area contributed by atoms with Gasteiger partial charge in [0.1, 0.15) is 24.9 Å². The van der Waals surface area contributed by atoms with Crippen LogP contribution in [0.25, 0.3) is 0 Å². The molecule has 48 heavy (non-hydrogen) atoms. The van der Waals surface area contributed by atoms with Gasteiger partial charge in [-0.25, -0.2) is 0 Å². The molecule has 0 amide bonds. The van der Waals surface area contributed by atoms with E-state index in [9.17, 15) is 33.9 Å². The highest BCUT2D eigenvalue weighted by atomic mass is 16.8. The molecule has 0 aliphatic carbocycles. The molecule has 2 heterocycles. The fraction of sp³-hybridized carbons (Fsp3) is 0.613. The van der Waals surface area contributed by atoms with E-state index in [4.69, 9.17) is 47.4 Å². The number of hydrogen-bond donors (Lipinski definition) is 1. The van der Waals surface area contributed by atoms with Crippen molar-refractivity contribution in [3.05, 3.63) is 35.9 Å². The maximum absolute atomic E-state index is 12.3. The van der Waals surface area contributed by atoms with E-state index < -0.39 is 104 Å². The molecular weight excluding hydrogens is 644 g/mol. The summed E-state index contributed by atoms with van der Waals surface area (Å²) in [4.78, 5) is 72.7. The van der Waals surface area contributed by atoms with Gasteiger partial charge in [0.15, 0.2) is 43.1 Å². The van der Waals surface area contributed by atoms with Crippen molar-refractivity contribution in [1.29, 1.82) is 0 Å². The molecule has 0 unspecified atom stereocenters. The normalized spacial score (nSPS) is 29.9. The van der Waals surface area contributed by atoms with E-state index in [1.807, 2.05) is 6.07 Å². The maximum atomic E-state index is 12.3. The predicted octanol–water partition coefficient (Wildman–Crippen LogP) is 0.252. The number of benzene rings is 1. The van der Waals surface area contributed by atoms with Gasteiger partial charge in [-0.2, -0.15) is 0 Å². The maximum Gasteiger partial charge on any atom is 0.303 e. The molecule has 0 aromatic heterocycles. The molecule has 0 radical (unpaired) electrons. The predicted molar refractivity (Wildman–Crippen MR) is 155 cm³/mol. The summed E-state index contributed by atoms with van der Waals surface area (Å²) in [7, 11) is 0. The van der Waals surface area contributed by atoms with Crippen LogP contribution in [0.1, 0.15) is 47.1 Å². The van der Waals surface area contributed by atoms with Gasteiger partial charge in [0, 0.05) is 41.5 Å². The minimum atomic E-state index is -1.82. The lowest BCUT2D eigenvalue weighted by atomic mass is 9.96. The monoisotopic (exact) mass is 684 g/mol. The molecule has 1 aromatic carbocycles. The lowest BCUT2D eigenvalue weighted by Gasteiger charge is -2.48. The number of rotatable bonds is 13. The van der Waals surface area contributed by atoms with E-state index in [1.54, 1.807) is 24.3 Å². The number of hydrogen-bond acceptors (Lipinski definition) is 17. The van der Waals surface area contributed by atoms with Crippen LogP contribution in [0.4, 0.5) is 0 Å². The van der Waals surface area contributed by atoms with E-state index in [-0.39, 0.29) is 13.2 Å². The van der Waals surface area contributed by atoms with Crippen LogP contribution in [-0.4, -0.2) is 116 Å². The van der Waals surface area contributed by atoms with Crippen molar-refractivity contribution in [2.24, 2.45) is 0 Å². The van der Waals surface area contributed by atoms with Crippen molar-refractivity contribution >= 4 is 35.8 Å². The average Bonchev–Trinajstić information content (AvgIpc) is 2.98. The third-order valence-electron chi connectivity index (χ3n) is 6.85. The highest BCUT2D eigenvalue weighted by molar-refractivity contribution is 5.69. The van der Waals surface area contributed by atoms with Crippen molar-refractivity contribution in [3.63, 3.8) is 0 Å². The topological polar surface area (TPSA) is 215 Å². The second kappa shape index (κ2) is 17.8. The molecule has 1 aromatic rings. The number of aliphatic hydroxyl groups is 1. The van der Waals surface area contributed by atoms with Crippen LogP contribution in [0.15, 0.2) is 30.3 Å². The van der Waals surface area contributed by atoms with Crippen LogP contribution in [0.5, 0.6) is 0 Å². The molecule has 266 valence electrons. The lowest BCUT2D eigenvalue weighted by Crippen LogP contribution is -2.67. The number of esters is 6. The van der Waals surface area contributed by atoms with Gasteiger partial charge >= 0.3 is 35.8 Å². The summed E-state index contributed by atoms with van der Waals surface area (Å²) in [6.07, 6.45) is -15.5. The first kappa shape index (κ1) is 38.3. The second-order valence-corrected chi connectivity index (χ2v) is 10.9. The third-order valence-corrected chi connectivity index (χ3v) is 6.85. The summed E-state index contributed by atoms with van der Waals surface area (Å²) < 4.78 is 56.0. The first-order chi connectivity index (χ1) is 22.7. The molecule has 0 spiro atoms. The standard InChI is InChI=1S/C31H40O17/c1-15(32)40-14-23-24(41-16(2)33)27(43-18(4)35)29(45-20(6)37)31(47-23)48-25-22(13-39-12-21-10-8-7-9-11-21)46-30(38)28(44-19(5)36)26(25)42-17(3)34/h7-11,22-31,38H,12-14H2,1-6H3/t22-,23-,24-,25-,26+,27+,28-,29+,30+,31-/m1/s1. The molecule has 2 aliphatic rings. The number of aliphatic hydroxyl groups excluding tert-OH is 1. The Morgan fingerprint density at radius 1 is 0.583 bits per heavy atom. The zero-order valence-electron chi connectivity index (χ0n) is 27.3. The quantitative estimate of drug-likeness (QED) is 0.218. The van der Waals surface area contributed by atoms with E-state index in [0.29, 0.717) is 0 Å². The third kappa shape index (κ3) is 11.2. The fourth-order valence-electron chi connectivity index (χ4n) is 5.16. The van der Waals surface area contributed by atoms with Crippen LogP contribution in [0, 0.1) is 0 Å². The fourth-order valence-corrected chi connectivity index (χ4v) is 5.16. The Hall–Kier alpha value is -4.16. The van der Waals surface area contributed by atoms with Gasteiger partial charge in [-0.1, -0.05) is 30.3 Å². The molecule has 0 bridgehead atoms. The van der Waals surface area contributed by atoms with E-state index >= 15 is 0 Å². The van der Waals surface area contributed by atoms with Crippen LogP contribution in [0.2, 0.25) is 0 Å². The smallest absolute Gasteiger partial charge is 0.303 e. The van der Waals surface area contributed by atoms with Crippen molar-refractivity contribution in [1.82, 2.24) is 0 Å². The Morgan fingerprint density at radius 3 is 1.60 bits per heavy atom. The Balaban J connectivity index is 2.07. The molecular formula is C31H40O17. The number of carbonyl (C=O) groups excluding carboxylic acids is 6. The summed E-state index contributed by atoms with van der Waals surface area (Å²) in [6, 6.07) is 9.04. The zero-order chi connectivity index (χ0) is 35.5. The molecule has 3 rings (SSSR count). The van der Waals surface area contributed by atoms with Crippen molar-refractivity contribution in [2.45, 2.75) is 110 Å². The van der Waals surface area contributed by atoms with Gasteiger partial charge in [0.2, 0.25) is 0 Å². The SMILES string of the molecule is CC(=O)OC[C@H]1O[C@H](O[C@H]2[C@H](OC(C)=O)[C@@H](OC(C)=O)[C@@H](O)O[C@@H]2COCc2ccccc2)[C@@H](OC(C)=O)[C@@H](OC(C)=O)[C@@H]1OC(C)=O. The van der Waals surface area contributed by atoms with E-state index in [2.05, 4.69) is 0 Å². The molecule has 2 fully saturated rings. The largest absolute Gasteiger partial charge is 0.463 e. The highest BCUT2D eigenvalue weighted by Gasteiger charge is 2.57. The summed E-state index contributed by atoms with van der Waals surface area (Å²) in [6.45, 7) is 5.69. The summed E-state index contributed by atoms with van der Waals surface area (Å²) in [5.74, 6) is -5.03. The Kier molecular flexibility index (Phi) is 14.2. The minimum absolute atomic E-state index is 0.0914. The van der Waals surface area contributed by atoms with Crippen LogP contribution < -0.4 is 0 Å². The molecule has 2 saturated heterocycles. The molecule has 1 N–H and O–H groups in total. The van der Waals surface area contributed by atoms with Crippen molar-refractivity contribution in [3.8, 4) is 0 Å². The Morgan fingerprint density at radius 2 is 1.06 bits per heavy atom. The molecule has 2 aliphatic heterocycles. The first-order valence-electron chi connectivity index (χ1n) is 14.9. The van der Waals surface area contributed by atoms with Gasteiger partial charge in [-0.3, -0.25) is 28.8 Å². The Bertz CT molecular complexity index is 1280. The van der Waals surface area contributed by atoms with Crippen LogP contribution >= 0.6 is 0 Å². The van der Waals surface area contributed by atoms with Gasteiger partial charge in [-0.05, 0) is 5.56 Å². The number of ether oxygens (including phenoxy) is 10. The summed E-state index contributed by atoms with van der Waals surface area (Å²) in [5.41, 5.74) is 0.792. The highest BCUT2D eigenvalue weighted by Crippen LogP contribution is 2.35. The second-order valence-electron chi connectivity index (χ2n) is 10.9. The van der Waals surface area contributed by atoms with Crippen LogP contribution in [-0.2, 0) is 82.7 Å². The first-order valence-corrected chi connectivity index (χ1v) is 14.9. The summed E-state index contributed by atoms with van der Waals surface area (Å²) in [5, 5.41) is 10.8. The van der Waals surface area contributed by atoms with E-state index in [1.165, 1.54) is 0 Å². The zero-order valence-corrected chi connectivity index (χ0v) is 27.3. The molecule has 0 saturated carbocycles. The van der Waals surface area contributed by atoms with Crippen LogP contribution in [0.3, 0.4) is 0 Å². The van der Waals surface area contributed by atoms with Crippen molar-refractivity contribution < 1.29 is 81.2 Å². The minimum Gasteiger partial charge on any atom is -0.463 e. The van der Waals surface area contributed by atoms with Gasteiger partial charge in [0.25, 0.3) is 0 Å². The molecule has 10 atom stereocenters. The van der Waals surface area contributed by atoms with Crippen molar-refractivity contribution in [2.75, 3.05) is 13.2 Å². The summed E-state index contributed by atoms with van der Waals surface area (Å²) >= 11 is 0. The van der Waals surface area contributed by atoms with Gasteiger partial charge in [-0.15, -0.1) is 0 Å². The van der Waals surface area contributed by atoms with E-state index in [0.717, 1.165) is 47.1 Å². The van der Waals surface area contributed by atoms with Gasteiger partial charge < -0.3 is 52.5 Å². The number of carbonyl (C=O) groups is 6. The van der Waals surface area contributed by atoms with Gasteiger partial charge in [0.05, 0.1) is 13.2 Å². The molecule has 17 nitrogen and oxygen atoms in total. The lowest BCUT2D eigenvalue weighted by molar-refractivity contribution is -0.358.